The highest BCUT2D eigenvalue weighted by Gasteiger charge is 2.07. The van der Waals surface area contributed by atoms with Gasteiger partial charge < -0.3 is 5.11 Å². The van der Waals surface area contributed by atoms with Gasteiger partial charge in [0.25, 0.3) is 0 Å². The van der Waals surface area contributed by atoms with Crippen molar-refractivity contribution < 1.29 is 5.11 Å². The molecule has 2 rings (SSSR count). The number of fused-ring (bicyclic) bond motifs is 1. The molecule has 0 radical (unpaired) electrons. The van der Waals surface area contributed by atoms with E-state index in [9.17, 15) is 5.11 Å². The Balaban J connectivity index is 2.95. The van der Waals surface area contributed by atoms with E-state index in [0.717, 1.165) is 16.6 Å². The number of phenols is 1. The zero-order valence-electron chi connectivity index (χ0n) is 8.00. The van der Waals surface area contributed by atoms with E-state index in [2.05, 4.69) is 4.98 Å². The van der Waals surface area contributed by atoms with E-state index in [0.29, 0.717) is 10.5 Å². The molecule has 0 atom stereocenters. The standard InChI is InChI=1S/C11H10ClNO/c1-6-5-7(2)13-11-8(6)3-4-9(14)10(11)12/h3-5,14H,1-2H3. The Bertz CT molecular complexity index is 508. The summed E-state index contributed by atoms with van der Waals surface area (Å²) in [5.74, 6) is 0.0802. The Kier molecular flexibility index (Phi) is 2.08. The summed E-state index contributed by atoms with van der Waals surface area (Å²) < 4.78 is 0. The molecule has 1 N–H and O–H groups in total. The highest BCUT2D eigenvalue weighted by atomic mass is 35.5. The van der Waals surface area contributed by atoms with Crippen molar-refractivity contribution in [3.8, 4) is 5.75 Å². The number of phenolic OH excluding ortho intramolecular Hbond substituents is 1. The summed E-state index contributed by atoms with van der Waals surface area (Å²) in [7, 11) is 0. The van der Waals surface area contributed by atoms with Crippen LogP contribution in [0.2, 0.25) is 5.02 Å². The minimum atomic E-state index is 0.0802. The fourth-order valence-corrected chi connectivity index (χ4v) is 1.79. The molecule has 0 saturated carbocycles. The number of hydrogen-bond acceptors (Lipinski definition) is 2. The number of pyridine rings is 1. The SMILES string of the molecule is Cc1cc(C)c2ccc(O)c(Cl)c2n1. The van der Waals surface area contributed by atoms with Crippen LogP contribution in [-0.2, 0) is 0 Å². The summed E-state index contributed by atoms with van der Waals surface area (Å²) in [6, 6.07) is 5.42. The van der Waals surface area contributed by atoms with Gasteiger partial charge in [-0.1, -0.05) is 11.6 Å². The minimum Gasteiger partial charge on any atom is -0.506 e. The second kappa shape index (κ2) is 3.14. The molecule has 2 aromatic rings. The molecule has 0 saturated heterocycles. The van der Waals surface area contributed by atoms with Crippen LogP contribution in [0.5, 0.6) is 5.75 Å². The van der Waals surface area contributed by atoms with Crippen LogP contribution in [0.1, 0.15) is 11.3 Å². The summed E-state index contributed by atoms with van der Waals surface area (Å²) in [6.07, 6.45) is 0. The molecule has 0 aliphatic heterocycles. The summed E-state index contributed by atoms with van der Waals surface area (Å²) >= 11 is 5.96. The molecule has 0 amide bonds. The molecule has 1 aromatic carbocycles. The quantitative estimate of drug-likeness (QED) is 0.720. The first-order valence-corrected chi connectivity index (χ1v) is 4.73. The Hall–Kier alpha value is -1.28. The Labute approximate surface area is 87.2 Å². The van der Waals surface area contributed by atoms with Crippen LogP contribution < -0.4 is 0 Å². The summed E-state index contributed by atoms with van der Waals surface area (Å²) in [5, 5.41) is 10.7. The van der Waals surface area contributed by atoms with Gasteiger partial charge in [0.2, 0.25) is 0 Å². The van der Waals surface area contributed by atoms with Gasteiger partial charge in [0.1, 0.15) is 10.8 Å². The van der Waals surface area contributed by atoms with Gasteiger partial charge in [-0.3, -0.25) is 4.98 Å². The number of halogens is 1. The number of nitrogens with zero attached hydrogens (tertiary/aromatic N) is 1. The van der Waals surface area contributed by atoms with E-state index in [-0.39, 0.29) is 5.75 Å². The van der Waals surface area contributed by atoms with Crippen molar-refractivity contribution >= 4 is 22.5 Å². The minimum absolute atomic E-state index is 0.0802. The van der Waals surface area contributed by atoms with Crippen molar-refractivity contribution in [2.24, 2.45) is 0 Å². The molecule has 3 heteroatoms. The van der Waals surface area contributed by atoms with Crippen molar-refractivity contribution in [2.45, 2.75) is 13.8 Å². The van der Waals surface area contributed by atoms with Gasteiger partial charge in [-0.05, 0) is 37.6 Å². The maximum absolute atomic E-state index is 9.43. The second-order valence-corrected chi connectivity index (χ2v) is 3.75. The van der Waals surface area contributed by atoms with E-state index in [1.165, 1.54) is 0 Å². The first kappa shape index (κ1) is 9.28. The number of aryl methyl sites for hydroxylation is 2. The Morgan fingerprint density at radius 3 is 2.71 bits per heavy atom. The van der Waals surface area contributed by atoms with E-state index in [1.54, 1.807) is 6.07 Å². The van der Waals surface area contributed by atoms with Gasteiger partial charge >= 0.3 is 0 Å². The topological polar surface area (TPSA) is 33.1 Å². The summed E-state index contributed by atoms with van der Waals surface area (Å²) in [6.45, 7) is 3.91. The fraction of sp³-hybridized carbons (Fsp3) is 0.182. The van der Waals surface area contributed by atoms with Crippen molar-refractivity contribution in [1.82, 2.24) is 4.98 Å². The lowest BCUT2D eigenvalue weighted by Crippen LogP contribution is -1.88. The first-order chi connectivity index (χ1) is 6.59. The predicted octanol–water partition coefficient (Wildman–Crippen LogP) is 3.21. The largest absolute Gasteiger partial charge is 0.506 e. The van der Waals surface area contributed by atoms with Crippen LogP contribution in [0.3, 0.4) is 0 Å². The zero-order valence-corrected chi connectivity index (χ0v) is 8.76. The molecule has 0 spiro atoms. The lowest BCUT2D eigenvalue weighted by Gasteiger charge is -2.06. The maximum atomic E-state index is 9.43. The van der Waals surface area contributed by atoms with Crippen molar-refractivity contribution in [3.05, 3.63) is 34.5 Å². The molecule has 0 unspecified atom stereocenters. The normalized spacial score (nSPS) is 10.8. The zero-order chi connectivity index (χ0) is 10.3. The Morgan fingerprint density at radius 2 is 2.00 bits per heavy atom. The smallest absolute Gasteiger partial charge is 0.136 e. The van der Waals surface area contributed by atoms with E-state index in [4.69, 9.17) is 11.6 Å². The van der Waals surface area contributed by atoms with Gasteiger partial charge in [0, 0.05) is 11.1 Å². The molecule has 0 aliphatic rings. The predicted molar refractivity (Wildman–Crippen MR) is 57.9 cm³/mol. The van der Waals surface area contributed by atoms with Gasteiger partial charge in [0.05, 0.1) is 5.52 Å². The average Bonchev–Trinajstić information content (AvgIpc) is 2.12. The number of benzene rings is 1. The van der Waals surface area contributed by atoms with Crippen LogP contribution in [0.25, 0.3) is 10.9 Å². The van der Waals surface area contributed by atoms with Crippen LogP contribution in [-0.4, -0.2) is 10.1 Å². The number of rotatable bonds is 0. The summed E-state index contributed by atoms with van der Waals surface area (Å²) in [4.78, 5) is 4.30. The van der Waals surface area contributed by atoms with Gasteiger partial charge in [-0.15, -0.1) is 0 Å². The highest BCUT2D eigenvalue weighted by Crippen LogP contribution is 2.31. The first-order valence-electron chi connectivity index (χ1n) is 4.35. The molecular weight excluding hydrogens is 198 g/mol. The van der Waals surface area contributed by atoms with Gasteiger partial charge in [-0.25, -0.2) is 0 Å². The van der Waals surface area contributed by atoms with Crippen LogP contribution >= 0.6 is 11.6 Å². The molecular formula is C11H10ClNO. The maximum Gasteiger partial charge on any atom is 0.136 e. The van der Waals surface area contributed by atoms with Crippen LogP contribution in [0.15, 0.2) is 18.2 Å². The number of hydrogen-bond donors (Lipinski definition) is 1. The third-order valence-corrected chi connectivity index (χ3v) is 2.61. The number of aromatic hydroxyl groups is 1. The fourth-order valence-electron chi connectivity index (χ4n) is 1.58. The molecule has 0 bridgehead atoms. The average molecular weight is 208 g/mol. The molecule has 0 fully saturated rings. The number of aromatic nitrogens is 1. The lowest BCUT2D eigenvalue weighted by molar-refractivity contribution is 0.476. The van der Waals surface area contributed by atoms with Gasteiger partial charge in [-0.2, -0.15) is 0 Å². The third-order valence-electron chi connectivity index (χ3n) is 2.23. The van der Waals surface area contributed by atoms with Gasteiger partial charge in [0.15, 0.2) is 0 Å². The lowest BCUT2D eigenvalue weighted by atomic mass is 10.1. The van der Waals surface area contributed by atoms with E-state index < -0.39 is 0 Å². The van der Waals surface area contributed by atoms with Crippen LogP contribution in [0.4, 0.5) is 0 Å². The van der Waals surface area contributed by atoms with E-state index in [1.807, 2.05) is 26.0 Å². The van der Waals surface area contributed by atoms with Crippen molar-refractivity contribution in [2.75, 3.05) is 0 Å². The van der Waals surface area contributed by atoms with Crippen molar-refractivity contribution in [1.29, 1.82) is 0 Å². The van der Waals surface area contributed by atoms with Crippen molar-refractivity contribution in [3.63, 3.8) is 0 Å². The highest BCUT2D eigenvalue weighted by molar-refractivity contribution is 6.36. The Morgan fingerprint density at radius 1 is 1.29 bits per heavy atom. The molecule has 1 aromatic heterocycles. The molecule has 72 valence electrons. The monoisotopic (exact) mass is 207 g/mol. The molecule has 1 heterocycles. The molecule has 2 nitrogen and oxygen atoms in total. The van der Waals surface area contributed by atoms with E-state index >= 15 is 0 Å². The second-order valence-electron chi connectivity index (χ2n) is 3.38. The molecule has 0 aliphatic carbocycles. The molecule has 14 heavy (non-hydrogen) atoms. The third kappa shape index (κ3) is 1.32. The summed E-state index contributed by atoms with van der Waals surface area (Å²) in [5.41, 5.74) is 2.70. The van der Waals surface area contributed by atoms with Crippen LogP contribution in [0, 0.1) is 13.8 Å².